The van der Waals surface area contributed by atoms with Crippen molar-refractivity contribution in [2.45, 2.75) is 37.6 Å². The van der Waals surface area contributed by atoms with Crippen LogP contribution >= 0.6 is 0 Å². The maximum absolute atomic E-state index is 6.17. The van der Waals surface area contributed by atoms with Crippen molar-refractivity contribution in [3.05, 3.63) is 5.82 Å². The molecule has 0 saturated heterocycles. The Hall–Kier alpha value is -1.10. The maximum atomic E-state index is 6.17. The topological polar surface area (TPSA) is 93.6 Å². The lowest BCUT2D eigenvalue weighted by atomic mass is 9.94. The van der Waals surface area contributed by atoms with Gasteiger partial charge < -0.3 is 11.5 Å². The first-order valence-corrected chi connectivity index (χ1v) is 4.64. The van der Waals surface area contributed by atoms with Crippen molar-refractivity contribution >= 4 is 5.95 Å². The molecular weight excluding hydrogens is 166 g/mol. The molecule has 5 heteroatoms. The van der Waals surface area contributed by atoms with Crippen LogP contribution in [0.1, 0.15) is 31.5 Å². The predicted molar refractivity (Wildman–Crippen MR) is 49.9 cm³/mol. The lowest BCUT2D eigenvalue weighted by molar-refractivity contribution is 0.427. The Morgan fingerprint density at radius 1 is 1.38 bits per heavy atom. The zero-order chi connectivity index (χ0) is 9.31. The van der Waals surface area contributed by atoms with Crippen molar-refractivity contribution in [3.63, 3.8) is 0 Å². The van der Waals surface area contributed by atoms with Gasteiger partial charge in [-0.05, 0) is 12.8 Å². The van der Waals surface area contributed by atoms with Gasteiger partial charge in [-0.15, -0.1) is 5.10 Å². The van der Waals surface area contributed by atoms with E-state index in [-0.39, 0.29) is 5.54 Å². The van der Waals surface area contributed by atoms with Crippen LogP contribution in [0.3, 0.4) is 0 Å². The van der Waals surface area contributed by atoms with Crippen LogP contribution in [0.2, 0.25) is 0 Å². The van der Waals surface area contributed by atoms with E-state index in [4.69, 9.17) is 11.5 Å². The first-order valence-electron chi connectivity index (χ1n) is 4.64. The fourth-order valence-electron chi connectivity index (χ4n) is 1.98. The van der Waals surface area contributed by atoms with E-state index in [2.05, 4.69) is 15.2 Å². The average Bonchev–Trinajstić information content (AvgIpc) is 2.62. The first kappa shape index (κ1) is 8.50. The lowest BCUT2D eigenvalue weighted by Crippen LogP contribution is -2.39. The van der Waals surface area contributed by atoms with Crippen molar-refractivity contribution in [3.8, 4) is 0 Å². The van der Waals surface area contributed by atoms with Crippen molar-refractivity contribution < 1.29 is 0 Å². The van der Waals surface area contributed by atoms with E-state index in [0.717, 1.165) is 25.1 Å². The van der Waals surface area contributed by atoms with Crippen LogP contribution in [-0.4, -0.2) is 20.7 Å². The third-order valence-electron chi connectivity index (χ3n) is 2.67. The molecule has 0 unspecified atom stereocenters. The number of rotatable bonds is 2. The van der Waals surface area contributed by atoms with E-state index >= 15 is 0 Å². The molecule has 13 heavy (non-hydrogen) atoms. The summed E-state index contributed by atoms with van der Waals surface area (Å²) in [6.07, 6.45) is 5.36. The number of H-pyrrole nitrogens is 1. The number of nitrogens with two attached hydrogens (primary N) is 2. The molecule has 1 fully saturated rings. The molecule has 0 bridgehead atoms. The molecule has 1 aliphatic carbocycles. The molecule has 72 valence electrons. The van der Waals surface area contributed by atoms with Gasteiger partial charge >= 0.3 is 0 Å². The summed E-state index contributed by atoms with van der Waals surface area (Å²) in [5, 5.41) is 6.57. The Labute approximate surface area is 76.9 Å². The molecule has 2 rings (SSSR count). The second-order valence-electron chi connectivity index (χ2n) is 3.89. The van der Waals surface area contributed by atoms with Crippen molar-refractivity contribution in [2.75, 3.05) is 5.73 Å². The van der Waals surface area contributed by atoms with Gasteiger partial charge in [-0.1, -0.05) is 12.8 Å². The van der Waals surface area contributed by atoms with Gasteiger partial charge in [-0.3, -0.25) is 5.10 Å². The minimum atomic E-state index is -0.0774. The number of hydrogen-bond donors (Lipinski definition) is 3. The number of hydrogen-bond acceptors (Lipinski definition) is 4. The van der Waals surface area contributed by atoms with Crippen LogP contribution in [0.15, 0.2) is 0 Å². The van der Waals surface area contributed by atoms with E-state index in [9.17, 15) is 0 Å². The van der Waals surface area contributed by atoms with E-state index < -0.39 is 0 Å². The molecule has 5 N–H and O–H groups in total. The summed E-state index contributed by atoms with van der Waals surface area (Å²) in [5.41, 5.74) is 11.5. The molecular formula is C8H15N5. The third-order valence-corrected chi connectivity index (χ3v) is 2.67. The predicted octanol–water partition coefficient (Wildman–Crippen LogP) is 0.201. The Bertz CT molecular complexity index is 286. The van der Waals surface area contributed by atoms with Gasteiger partial charge in [0.25, 0.3) is 0 Å². The zero-order valence-corrected chi connectivity index (χ0v) is 7.58. The Morgan fingerprint density at radius 2 is 2.08 bits per heavy atom. The van der Waals surface area contributed by atoms with E-state index in [1.807, 2.05) is 0 Å². The molecule has 0 radical (unpaired) electrons. The monoisotopic (exact) mass is 181 g/mol. The summed E-state index contributed by atoms with van der Waals surface area (Å²) in [7, 11) is 0. The minimum absolute atomic E-state index is 0.0774. The highest BCUT2D eigenvalue weighted by atomic mass is 15.3. The maximum Gasteiger partial charge on any atom is 0.239 e. The number of nitrogen functional groups attached to an aromatic ring is 1. The van der Waals surface area contributed by atoms with Crippen molar-refractivity contribution in [2.24, 2.45) is 5.73 Å². The second kappa shape index (κ2) is 2.99. The smallest absolute Gasteiger partial charge is 0.239 e. The third kappa shape index (κ3) is 1.80. The van der Waals surface area contributed by atoms with Crippen molar-refractivity contribution in [1.29, 1.82) is 0 Å². The van der Waals surface area contributed by atoms with Gasteiger partial charge in [0.2, 0.25) is 5.95 Å². The highest BCUT2D eigenvalue weighted by Gasteiger charge is 2.30. The summed E-state index contributed by atoms with van der Waals surface area (Å²) in [5.74, 6) is 1.11. The summed E-state index contributed by atoms with van der Waals surface area (Å²) in [6, 6.07) is 0. The van der Waals surface area contributed by atoms with Crippen molar-refractivity contribution in [1.82, 2.24) is 15.2 Å². The molecule has 1 aromatic rings. The number of aromatic nitrogens is 3. The van der Waals surface area contributed by atoms with Gasteiger partial charge in [0.15, 0.2) is 0 Å². The minimum Gasteiger partial charge on any atom is -0.367 e. The van der Waals surface area contributed by atoms with Gasteiger partial charge in [0.1, 0.15) is 5.82 Å². The van der Waals surface area contributed by atoms with Gasteiger partial charge in [-0.2, -0.15) is 4.98 Å². The molecule has 0 atom stereocenters. The Kier molecular flexibility index (Phi) is 1.95. The summed E-state index contributed by atoms with van der Waals surface area (Å²) in [4.78, 5) is 4.05. The molecule has 1 aliphatic rings. The number of nitrogens with one attached hydrogen (secondary N) is 1. The molecule has 0 spiro atoms. The molecule has 0 aliphatic heterocycles. The van der Waals surface area contributed by atoms with E-state index in [0.29, 0.717) is 5.95 Å². The van der Waals surface area contributed by atoms with Crippen LogP contribution in [0.25, 0.3) is 0 Å². The molecule has 0 amide bonds. The largest absolute Gasteiger partial charge is 0.367 e. The summed E-state index contributed by atoms with van der Waals surface area (Å²) in [6.45, 7) is 0. The SMILES string of the molecule is Nc1n[nH]c(CC2(N)CCCC2)n1. The van der Waals surface area contributed by atoms with E-state index in [1.54, 1.807) is 0 Å². The Balaban J connectivity index is 2.04. The standard InChI is InChI=1S/C8H15N5/c9-7-11-6(12-13-7)5-8(10)3-1-2-4-8/h1-5,10H2,(H3,9,11,12,13). The van der Waals surface area contributed by atoms with Gasteiger partial charge in [0, 0.05) is 12.0 Å². The molecule has 5 nitrogen and oxygen atoms in total. The van der Waals surface area contributed by atoms with Gasteiger partial charge in [0.05, 0.1) is 0 Å². The van der Waals surface area contributed by atoms with E-state index in [1.165, 1.54) is 12.8 Å². The highest BCUT2D eigenvalue weighted by Crippen LogP contribution is 2.29. The number of anilines is 1. The molecule has 1 heterocycles. The molecule has 0 aromatic carbocycles. The zero-order valence-electron chi connectivity index (χ0n) is 7.58. The normalized spacial score (nSPS) is 20.7. The summed E-state index contributed by atoms with van der Waals surface area (Å²) < 4.78 is 0. The average molecular weight is 181 g/mol. The fourth-order valence-corrected chi connectivity index (χ4v) is 1.98. The number of nitrogens with zero attached hydrogens (tertiary/aromatic N) is 2. The quantitative estimate of drug-likeness (QED) is 0.607. The highest BCUT2D eigenvalue weighted by molar-refractivity contribution is 5.14. The molecule has 1 aromatic heterocycles. The first-order chi connectivity index (χ1) is 6.18. The fraction of sp³-hybridized carbons (Fsp3) is 0.750. The van der Waals surface area contributed by atoms with Gasteiger partial charge in [-0.25, -0.2) is 0 Å². The van der Waals surface area contributed by atoms with Crippen LogP contribution in [-0.2, 0) is 6.42 Å². The van der Waals surface area contributed by atoms with Crippen LogP contribution in [0.5, 0.6) is 0 Å². The number of aromatic amines is 1. The van der Waals surface area contributed by atoms with Crippen LogP contribution in [0.4, 0.5) is 5.95 Å². The second-order valence-corrected chi connectivity index (χ2v) is 3.89. The summed E-state index contributed by atoms with van der Waals surface area (Å²) >= 11 is 0. The molecule has 1 saturated carbocycles. The Morgan fingerprint density at radius 3 is 2.62 bits per heavy atom. The van der Waals surface area contributed by atoms with Crippen LogP contribution < -0.4 is 11.5 Å². The van der Waals surface area contributed by atoms with Crippen LogP contribution in [0, 0.1) is 0 Å². The lowest BCUT2D eigenvalue weighted by Gasteiger charge is -2.21.